The fourth-order valence-corrected chi connectivity index (χ4v) is 0.770. The molecule has 0 bridgehead atoms. The monoisotopic (exact) mass is 124 g/mol. The molecule has 2 aromatic rings. The largest absolute Gasteiger partial charge is 0.377 e. The van der Waals surface area contributed by atoms with Gasteiger partial charge in [-0.05, 0) is 0 Å². The summed E-state index contributed by atoms with van der Waals surface area (Å²) in [5.41, 5.74) is 0.852. The van der Waals surface area contributed by atoms with Crippen LogP contribution < -0.4 is 5.56 Å². The van der Waals surface area contributed by atoms with Crippen molar-refractivity contribution < 1.29 is 4.52 Å². The van der Waals surface area contributed by atoms with Gasteiger partial charge < -0.3 is 9.51 Å². The van der Waals surface area contributed by atoms with Crippen molar-refractivity contribution in [3.05, 3.63) is 22.6 Å². The maximum absolute atomic E-state index is 10.7. The van der Waals surface area contributed by atoms with E-state index in [9.17, 15) is 4.79 Å². The van der Waals surface area contributed by atoms with Gasteiger partial charge in [-0.1, -0.05) is 0 Å². The van der Waals surface area contributed by atoms with E-state index in [0.29, 0.717) is 11.1 Å². The number of hydrogen-bond donors (Lipinski definition) is 2. The third kappa shape index (κ3) is 0.440. The van der Waals surface area contributed by atoms with Gasteiger partial charge in [0.25, 0.3) is 0 Å². The average molecular weight is 124 g/mol. The van der Waals surface area contributed by atoms with Gasteiger partial charge in [-0.3, -0.25) is 4.79 Å². The third-order valence-electron chi connectivity index (χ3n) is 1.19. The highest BCUT2D eigenvalue weighted by Crippen LogP contribution is 2.03. The van der Waals surface area contributed by atoms with Crippen molar-refractivity contribution in [1.82, 2.24) is 10.1 Å². The molecule has 2 rings (SSSR count). The molecule has 46 valence electrons. The molecular weight excluding hydrogens is 120 g/mol. The summed E-state index contributed by atoms with van der Waals surface area (Å²) in [5.74, 6) is 0. The van der Waals surface area contributed by atoms with Crippen LogP contribution in [0.5, 0.6) is 0 Å². The predicted molar refractivity (Wildman–Crippen MR) is 31.2 cm³/mol. The van der Waals surface area contributed by atoms with E-state index in [1.807, 2.05) is 0 Å². The molecule has 0 amide bonds. The summed E-state index contributed by atoms with van der Waals surface area (Å²) < 4.78 is 4.72. The summed E-state index contributed by atoms with van der Waals surface area (Å²) in [5, 5.41) is 2.19. The second-order valence-electron chi connectivity index (χ2n) is 1.75. The lowest BCUT2D eigenvalue weighted by Crippen LogP contribution is -1.96. The first kappa shape index (κ1) is 4.43. The molecule has 9 heavy (non-hydrogen) atoms. The van der Waals surface area contributed by atoms with E-state index in [2.05, 4.69) is 10.1 Å². The first-order valence-corrected chi connectivity index (χ1v) is 2.52. The quantitative estimate of drug-likeness (QED) is 0.535. The molecule has 2 N–H and O–H groups in total. The Morgan fingerprint density at radius 2 is 2.44 bits per heavy atom. The fourth-order valence-electron chi connectivity index (χ4n) is 0.770. The molecule has 0 aliphatic carbocycles. The van der Waals surface area contributed by atoms with Crippen LogP contribution in [-0.4, -0.2) is 10.1 Å². The van der Waals surface area contributed by atoms with Gasteiger partial charge in [-0.2, -0.15) is 5.16 Å². The summed E-state index contributed by atoms with van der Waals surface area (Å²) in [6, 6.07) is 1.69. The number of aromatic amines is 2. The highest BCUT2D eigenvalue weighted by Gasteiger charge is 2.00. The Balaban J connectivity index is 3.17. The minimum absolute atomic E-state index is 0.213. The highest BCUT2D eigenvalue weighted by atomic mass is 16.5. The van der Waals surface area contributed by atoms with Crippen LogP contribution in [0.15, 0.2) is 21.6 Å². The lowest BCUT2D eigenvalue weighted by Gasteiger charge is -1.62. The molecule has 0 aliphatic rings. The van der Waals surface area contributed by atoms with Crippen molar-refractivity contribution in [3.8, 4) is 0 Å². The zero-order valence-electron chi connectivity index (χ0n) is 4.47. The first-order valence-electron chi connectivity index (χ1n) is 2.52. The second kappa shape index (κ2) is 1.28. The molecule has 0 saturated carbocycles. The van der Waals surface area contributed by atoms with E-state index < -0.39 is 0 Å². The highest BCUT2D eigenvalue weighted by molar-refractivity contribution is 5.70. The maximum atomic E-state index is 10.7. The summed E-state index contributed by atoms with van der Waals surface area (Å²) in [4.78, 5) is 13.4. The molecule has 4 nitrogen and oxygen atoms in total. The second-order valence-corrected chi connectivity index (χ2v) is 1.75. The SMILES string of the molecule is O=c1[nH]oc2cc[nH]c12. The van der Waals surface area contributed by atoms with Gasteiger partial charge in [0, 0.05) is 12.3 Å². The number of rotatable bonds is 0. The Bertz CT molecular complexity index is 367. The molecule has 2 heterocycles. The van der Waals surface area contributed by atoms with E-state index in [4.69, 9.17) is 4.52 Å². The zero-order chi connectivity index (χ0) is 6.27. The van der Waals surface area contributed by atoms with Gasteiger partial charge in [0.15, 0.2) is 11.1 Å². The first-order chi connectivity index (χ1) is 4.38. The maximum Gasteiger partial charge on any atom is 0.304 e. The molecule has 0 aromatic carbocycles. The number of aromatic nitrogens is 2. The Morgan fingerprint density at radius 3 is 3.22 bits per heavy atom. The Kier molecular flexibility index (Phi) is 0.631. The van der Waals surface area contributed by atoms with Crippen LogP contribution in [0.1, 0.15) is 0 Å². The van der Waals surface area contributed by atoms with Crippen LogP contribution in [0.25, 0.3) is 11.1 Å². The molecule has 0 atom stereocenters. The fraction of sp³-hybridized carbons (Fsp3) is 0. The number of H-pyrrole nitrogens is 2. The van der Waals surface area contributed by atoms with Gasteiger partial charge in [0.2, 0.25) is 0 Å². The summed E-state index contributed by atoms with van der Waals surface area (Å²) >= 11 is 0. The zero-order valence-corrected chi connectivity index (χ0v) is 4.47. The Morgan fingerprint density at radius 1 is 1.56 bits per heavy atom. The normalized spacial score (nSPS) is 10.7. The smallest absolute Gasteiger partial charge is 0.304 e. The molecule has 0 unspecified atom stereocenters. The molecule has 4 heteroatoms. The summed E-state index contributed by atoms with van der Waals surface area (Å²) in [6.07, 6.45) is 1.66. The van der Waals surface area contributed by atoms with Crippen LogP contribution in [0.4, 0.5) is 0 Å². The van der Waals surface area contributed by atoms with Gasteiger partial charge >= 0.3 is 5.56 Å². The third-order valence-corrected chi connectivity index (χ3v) is 1.19. The number of fused-ring (bicyclic) bond motifs is 1. The van der Waals surface area contributed by atoms with Gasteiger partial charge in [0.1, 0.15) is 0 Å². The van der Waals surface area contributed by atoms with Crippen molar-refractivity contribution in [2.75, 3.05) is 0 Å². The van der Waals surface area contributed by atoms with Crippen LogP contribution in [0.3, 0.4) is 0 Å². The summed E-state index contributed by atoms with van der Waals surface area (Å²) in [6.45, 7) is 0. The minimum atomic E-state index is -0.213. The van der Waals surface area contributed by atoms with Gasteiger partial charge in [-0.15, -0.1) is 0 Å². The van der Waals surface area contributed by atoms with Crippen LogP contribution >= 0.6 is 0 Å². The molecule has 0 spiro atoms. The Hall–Kier alpha value is -1.45. The van der Waals surface area contributed by atoms with E-state index in [1.54, 1.807) is 12.3 Å². The van der Waals surface area contributed by atoms with Gasteiger partial charge in [-0.25, -0.2) is 0 Å². The average Bonchev–Trinajstić information content (AvgIpc) is 2.35. The minimum Gasteiger partial charge on any atom is -0.377 e. The molecule has 0 fully saturated rings. The van der Waals surface area contributed by atoms with Crippen molar-refractivity contribution in [1.29, 1.82) is 0 Å². The predicted octanol–water partition coefficient (Wildman–Crippen LogP) is 0.449. The molecular formula is C5H4N2O2. The molecule has 0 saturated heterocycles. The van der Waals surface area contributed by atoms with E-state index in [-0.39, 0.29) is 5.56 Å². The van der Waals surface area contributed by atoms with Crippen molar-refractivity contribution in [3.63, 3.8) is 0 Å². The lowest BCUT2D eigenvalue weighted by molar-refractivity contribution is 0.449. The lowest BCUT2D eigenvalue weighted by atomic mass is 10.5. The Labute approximate surface area is 49.4 Å². The van der Waals surface area contributed by atoms with Crippen LogP contribution in [0, 0.1) is 0 Å². The van der Waals surface area contributed by atoms with Crippen molar-refractivity contribution >= 4 is 11.1 Å². The van der Waals surface area contributed by atoms with Gasteiger partial charge in [0.05, 0.1) is 0 Å². The molecule has 0 aliphatic heterocycles. The van der Waals surface area contributed by atoms with Crippen molar-refractivity contribution in [2.24, 2.45) is 0 Å². The molecule has 0 radical (unpaired) electrons. The number of nitrogens with one attached hydrogen (secondary N) is 2. The summed E-state index contributed by atoms with van der Waals surface area (Å²) in [7, 11) is 0. The van der Waals surface area contributed by atoms with Crippen molar-refractivity contribution in [2.45, 2.75) is 0 Å². The standard InChI is InChI=1S/C5H4N2O2/c8-5-4-3(9-7-5)1-2-6-4/h1-2,6H,(H,7,8). The van der Waals surface area contributed by atoms with Crippen LogP contribution in [-0.2, 0) is 0 Å². The molecule has 2 aromatic heterocycles. The van der Waals surface area contributed by atoms with E-state index in [0.717, 1.165) is 0 Å². The number of hydrogen-bond acceptors (Lipinski definition) is 2. The van der Waals surface area contributed by atoms with Crippen LogP contribution in [0.2, 0.25) is 0 Å². The van der Waals surface area contributed by atoms with E-state index >= 15 is 0 Å². The topological polar surface area (TPSA) is 61.8 Å². The van der Waals surface area contributed by atoms with E-state index in [1.165, 1.54) is 0 Å².